The molecule has 0 saturated carbocycles. The number of likely N-dealkylation sites (tertiary alicyclic amines) is 1. The van der Waals surface area contributed by atoms with Crippen molar-refractivity contribution in [2.75, 3.05) is 41.0 Å². The topological polar surface area (TPSA) is 42.0 Å². The zero-order chi connectivity index (χ0) is 15.2. The zero-order valence-electron chi connectivity index (χ0n) is 13.0. The maximum Gasteiger partial charge on any atom is 0.411 e. The third-order valence-electron chi connectivity index (χ3n) is 3.76. The van der Waals surface area contributed by atoms with Gasteiger partial charge in [-0.05, 0) is 50.6 Å². The van der Waals surface area contributed by atoms with Gasteiger partial charge in [-0.25, -0.2) is 4.79 Å². The van der Waals surface area contributed by atoms with Crippen LogP contribution >= 0.6 is 0 Å². The molecule has 0 aromatic heterocycles. The van der Waals surface area contributed by atoms with Crippen molar-refractivity contribution in [3.8, 4) is 5.75 Å². The van der Waals surface area contributed by atoms with E-state index in [2.05, 4.69) is 12.1 Å². The Balaban J connectivity index is 1.86. The zero-order valence-corrected chi connectivity index (χ0v) is 13.0. The molecule has 1 aromatic rings. The lowest BCUT2D eigenvalue weighted by Crippen LogP contribution is -2.39. The van der Waals surface area contributed by atoms with E-state index in [1.54, 1.807) is 12.0 Å². The molecule has 1 amide bonds. The number of rotatable bonds is 4. The molecule has 1 fully saturated rings. The Morgan fingerprint density at radius 2 is 2.05 bits per heavy atom. The third-order valence-corrected chi connectivity index (χ3v) is 3.76. The maximum absolute atomic E-state index is 11.9. The summed E-state index contributed by atoms with van der Waals surface area (Å²) in [7, 11) is 5.44. The summed E-state index contributed by atoms with van der Waals surface area (Å²) in [5, 5.41) is 0. The molecule has 1 aromatic carbocycles. The number of methoxy groups -OCH3 is 1. The van der Waals surface area contributed by atoms with E-state index in [1.807, 2.05) is 31.1 Å². The highest BCUT2D eigenvalue weighted by Crippen LogP contribution is 2.30. The second kappa shape index (κ2) is 7.31. The van der Waals surface area contributed by atoms with Crippen molar-refractivity contribution in [2.45, 2.75) is 18.8 Å². The number of benzene rings is 1. The van der Waals surface area contributed by atoms with Crippen LogP contribution in [0, 0.1) is 0 Å². The number of nitrogens with zero attached hydrogens (tertiary/aromatic N) is 2. The minimum absolute atomic E-state index is 0.215. The van der Waals surface area contributed by atoms with Gasteiger partial charge in [0.05, 0.1) is 7.11 Å². The van der Waals surface area contributed by atoms with Crippen molar-refractivity contribution < 1.29 is 14.3 Å². The average Bonchev–Trinajstić information content (AvgIpc) is 2.52. The normalized spacial score (nSPS) is 16.1. The fourth-order valence-electron chi connectivity index (χ4n) is 2.57. The summed E-state index contributed by atoms with van der Waals surface area (Å²) < 4.78 is 10.5. The smallest absolute Gasteiger partial charge is 0.411 e. The standard InChI is InChI=1S/C16H24N2O3/c1-17(2)12-21-16(19)18-9-7-13(8-10-18)14-5-4-6-15(11-14)20-3/h4-6,11,13H,7-10,12H2,1-3H3. The Morgan fingerprint density at radius 1 is 1.33 bits per heavy atom. The van der Waals surface area contributed by atoms with Gasteiger partial charge in [0, 0.05) is 13.1 Å². The van der Waals surface area contributed by atoms with Gasteiger partial charge in [-0.3, -0.25) is 4.90 Å². The van der Waals surface area contributed by atoms with Crippen LogP contribution in [0.5, 0.6) is 5.75 Å². The van der Waals surface area contributed by atoms with E-state index in [1.165, 1.54) is 5.56 Å². The van der Waals surface area contributed by atoms with Crippen LogP contribution in [0.1, 0.15) is 24.3 Å². The molecule has 0 unspecified atom stereocenters. The van der Waals surface area contributed by atoms with E-state index in [-0.39, 0.29) is 6.09 Å². The fourth-order valence-corrected chi connectivity index (χ4v) is 2.57. The van der Waals surface area contributed by atoms with Gasteiger partial charge in [0.25, 0.3) is 0 Å². The highest BCUT2D eigenvalue weighted by molar-refractivity contribution is 5.67. The van der Waals surface area contributed by atoms with Crippen LogP contribution in [0.3, 0.4) is 0 Å². The number of hydrogen-bond acceptors (Lipinski definition) is 4. The SMILES string of the molecule is COc1cccc(C2CCN(C(=O)OCN(C)C)CC2)c1. The lowest BCUT2D eigenvalue weighted by Gasteiger charge is -2.31. The minimum atomic E-state index is -0.215. The molecule has 1 heterocycles. The average molecular weight is 292 g/mol. The predicted molar refractivity (Wildman–Crippen MR) is 81.6 cm³/mol. The Morgan fingerprint density at radius 3 is 2.67 bits per heavy atom. The van der Waals surface area contributed by atoms with Crippen molar-refractivity contribution in [2.24, 2.45) is 0 Å². The molecule has 0 N–H and O–H groups in total. The van der Waals surface area contributed by atoms with Gasteiger partial charge in [-0.1, -0.05) is 12.1 Å². The Labute approximate surface area is 126 Å². The van der Waals surface area contributed by atoms with E-state index in [0.29, 0.717) is 12.6 Å². The minimum Gasteiger partial charge on any atom is -0.497 e. The first kappa shape index (κ1) is 15.6. The van der Waals surface area contributed by atoms with Gasteiger partial charge >= 0.3 is 6.09 Å². The maximum atomic E-state index is 11.9. The summed E-state index contributed by atoms with van der Waals surface area (Å²) in [5.41, 5.74) is 1.29. The van der Waals surface area contributed by atoms with Crippen LogP contribution in [0.2, 0.25) is 0 Å². The van der Waals surface area contributed by atoms with Crippen molar-refractivity contribution in [3.05, 3.63) is 29.8 Å². The van der Waals surface area contributed by atoms with E-state index < -0.39 is 0 Å². The van der Waals surface area contributed by atoms with E-state index in [9.17, 15) is 4.79 Å². The molecule has 1 saturated heterocycles. The van der Waals surface area contributed by atoms with Crippen molar-refractivity contribution in [1.82, 2.24) is 9.80 Å². The molecule has 1 aliphatic heterocycles. The molecule has 0 spiro atoms. The van der Waals surface area contributed by atoms with Crippen LogP contribution in [-0.4, -0.2) is 56.9 Å². The second-order valence-electron chi connectivity index (χ2n) is 5.66. The first-order valence-electron chi connectivity index (χ1n) is 7.30. The number of hydrogen-bond donors (Lipinski definition) is 0. The highest BCUT2D eigenvalue weighted by atomic mass is 16.6. The summed E-state index contributed by atoms with van der Waals surface area (Å²) >= 11 is 0. The second-order valence-corrected chi connectivity index (χ2v) is 5.66. The summed E-state index contributed by atoms with van der Waals surface area (Å²) in [5.74, 6) is 1.37. The third kappa shape index (κ3) is 4.36. The summed E-state index contributed by atoms with van der Waals surface area (Å²) in [6.45, 7) is 1.82. The monoisotopic (exact) mass is 292 g/mol. The summed E-state index contributed by atoms with van der Waals surface area (Å²) in [4.78, 5) is 15.5. The quantitative estimate of drug-likeness (QED) is 0.800. The highest BCUT2D eigenvalue weighted by Gasteiger charge is 2.24. The number of carbonyl (C=O) groups excluding carboxylic acids is 1. The van der Waals surface area contributed by atoms with Crippen molar-refractivity contribution in [3.63, 3.8) is 0 Å². The number of carbonyl (C=O) groups is 1. The molecule has 116 valence electrons. The van der Waals surface area contributed by atoms with Crippen molar-refractivity contribution in [1.29, 1.82) is 0 Å². The van der Waals surface area contributed by atoms with Crippen LogP contribution < -0.4 is 4.74 Å². The molecule has 0 radical (unpaired) electrons. The summed E-state index contributed by atoms with van der Waals surface area (Å²) in [6.07, 6.45) is 1.71. The molecule has 0 bridgehead atoms. The molecule has 0 atom stereocenters. The van der Waals surface area contributed by atoms with Crippen LogP contribution in [0.15, 0.2) is 24.3 Å². The predicted octanol–water partition coefficient (Wildman–Crippen LogP) is 2.53. The van der Waals surface area contributed by atoms with Gasteiger partial charge in [-0.15, -0.1) is 0 Å². The first-order chi connectivity index (χ1) is 10.1. The largest absolute Gasteiger partial charge is 0.497 e. The lowest BCUT2D eigenvalue weighted by molar-refractivity contribution is 0.0572. The Hall–Kier alpha value is -1.75. The van der Waals surface area contributed by atoms with Crippen molar-refractivity contribution >= 4 is 6.09 Å². The number of ether oxygens (including phenoxy) is 2. The summed E-state index contributed by atoms with van der Waals surface area (Å²) in [6, 6.07) is 8.20. The van der Waals surface area contributed by atoms with Gasteiger partial charge in [-0.2, -0.15) is 0 Å². The molecular formula is C16H24N2O3. The molecule has 5 heteroatoms. The van der Waals surface area contributed by atoms with Gasteiger partial charge in [0.2, 0.25) is 0 Å². The number of piperidine rings is 1. The molecule has 0 aliphatic carbocycles. The van der Waals surface area contributed by atoms with Gasteiger partial charge in [0.15, 0.2) is 0 Å². The van der Waals surface area contributed by atoms with E-state index in [4.69, 9.17) is 9.47 Å². The Bertz CT molecular complexity index is 468. The van der Waals surface area contributed by atoms with Gasteiger partial charge in [0.1, 0.15) is 12.5 Å². The Kier molecular flexibility index (Phi) is 5.44. The molecule has 2 rings (SSSR count). The van der Waals surface area contributed by atoms with Crippen LogP contribution in [0.25, 0.3) is 0 Å². The fraction of sp³-hybridized carbons (Fsp3) is 0.562. The molecule has 5 nitrogen and oxygen atoms in total. The van der Waals surface area contributed by atoms with Gasteiger partial charge < -0.3 is 14.4 Å². The molecule has 21 heavy (non-hydrogen) atoms. The number of amides is 1. The lowest BCUT2D eigenvalue weighted by atomic mass is 9.89. The molecular weight excluding hydrogens is 268 g/mol. The van der Waals surface area contributed by atoms with E-state index >= 15 is 0 Å². The van der Waals surface area contributed by atoms with E-state index in [0.717, 1.165) is 31.7 Å². The first-order valence-corrected chi connectivity index (χ1v) is 7.30. The molecule has 1 aliphatic rings. The van der Waals surface area contributed by atoms with Crippen LogP contribution in [0.4, 0.5) is 4.79 Å². The van der Waals surface area contributed by atoms with Crippen LogP contribution in [-0.2, 0) is 4.74 Å².